The molecule has 2 nitrogen and oxygen atoms in total. The van der Waals surface area contributed by atoms with E-state index in [9.17, 15) is 0 Å². The van der Waals surface area contributed by atoms with Gasteiger partial charge in [-0.15, -0.1) is 0 Å². The van der Waals surface area contributed by atoms with E-state index in [0.29, 0.717) is 0 Å². The van der Waals surface area contributed by atoms with Gasteiger partial charge in [0.1, 0.15) is 0 Å². The van der Waals surface area contributed by atoms with Gasteiger partial charge in [-0.1, -0.05) is 0 Å². The summed E-state index contributed by atoms with van der Waals surface area (Å²) < 4.78 is 0. The lowest BCUT2D eigenvalue weighted by atomic mass is 10.6. The van der Waals surface area contributed by atoms with Gasteiger partial charge in [0.2, 0.25) is 0 Å². The minimum Gasteiger partial charge on any atom is -0.359 e. The Morgan fingerprint density at radius 1 is 1.40 bits per heavy atom. The normalized spacial score (nSPS) is 17.0. The lowest BCUT2D eigenvalue weighted by Crippen LogP contribution is -2.26. The molecule has 0 aromatic carbocycles. The highest BCUT2D eigenvalue weighted by molar-refractivity contribution is 7.80. The second kappa shape index (κ2) is 3.76. The fourth-order valence-corrected chi connectivity index (χ4v) is 1.25. The summed E-state index contributed by atoms with van der Waals surface area (Å²) in [5.41, 5.74) is 0. The van der Waals surface area contributed by atoms with Crippen molar-refractivity contribution in [3.63, 3.8) is 0 Å². The quantitative estimate of drug-likeness (QED) is 0.612. The molecule has 58 valence electrons. The molecule has 0 radical (unpaired) electrons. The van der Waals surface area contributed by atoms with Gasteiger partial charge in [-0.3, -0.25) is 0 Å². The molecular weight excluding hydrogens is 144 g/mol. The average Bonchev–Trinajstić information content (AvgIpc) is 2.37. The Morgan fingerprint density at radius 3 is 2.60 bits per heavy atom. The topological polar surface area (TPSA) is 6.48 Å². The SMILES string of the molecule is CCN1C=CN(CCS)C1. The first kappa shape index (κ1) is 7.79. The molecule has 0 saturated heterocycles. The Morgan fingerprint density at radius 2 is 2.10 bits per heavy atom. The Bertz CT molecular complexity index is 125. The molecule has 0 atom stereocenters. The maximum Gasteiger partial charge on any atom is 0.0893 e. The maximum atomic E-state index is 4.16. The van der Waals surface area contributed by atoms with Crippen LogP contribution in [0.5, 0.6) is 0 Å². The molecule has 0 N–H and O–H groups in total. The molecule has 0 spiro atoms. The number of rotatable bonds is 3. The van der Waals surface area contributed by atoms with Gasteiger partial charge in [-0.25, -0.2) is 0 Å². The Hall–Kier alpha value is -0.310. The molecule has 0 aliphatic carbocycles. The van der Waals surface area contributed by atoms with Crippen LogP contribution in [0.2, 0.25) is 0 Å². The molecule has 1 aliphatic heterocycles. The highest BCUT2D eigenvalue weighted by atomic mass is 32.1. The Labute approximate surface area is 67.9 Å². The molecule has 0 unspecified atom stereocenters. The lowest BCUT2D eigenvalue weighted by molar-refractivity contribution is 0.284. The Balaban J connectivity index is 2.24. The van der Waals surface area contributed by atoms with Gasteiger partial charge in [0.15, 0.2) is 0 Å². The first-order chi connectivity index (χ1) is 4.86. The van der Waals surface area contributed by atoms with E-state index < -0.39 is 0 Å². The zero-order chi connectivity index (χ0) is 7.40. The van der Waals surface area contributed by atoms with E-state index in [2.05, 4.69) is 41.8 Å². The van der Waals surface area contributed by atoms with Crippen molar-refractivity contribution in [1.82, 2.24) is 9.80 Å². The molecule has 1 rings (SSSR count). The number of nitrogens with zero attached hydrogens (tertiary/aromatic N) is 2. The highest BCUT2D eigenvalue weighted by Crippen LogP contribution is 2.04. The molecule has 1 heterocycles. The van der Waals surface area contributed by atoms with E-state index >= 15 is 0 Å². The largest absolute Gasteiger partial charge is 0.359 e. The first-order valence-corrected chi connectivity index (χ1v) is 4.27. The summed E-state index contributed by atoms with van der Waals surface area (Å²) in [4.78, 5) is 4.53. The van der Waals surface area contributed by atoms with Crippen LogP contribution in [0.25, 0.3) is 0 Å². The van der Waals surface area contributed by atoms with Crippen LogP contribution in [0.3, 0.4) is 0 Å². The van der Waals surface area contributed by atoms with Crippen LogP contribution >= 0.6 is 12.6 Å². The van der Waals surface area contributed by atoms with Crippen LogP contribution in [0, 0.1) is 0 Å². The van der Waals surface area contributed by atoms with Crippen molar-refractivity contribution < 1.29 is 0 Å². The average molecular weight is 158 g/mol. The third-order valence-corrected chi connectivity index (χ3v) is 1.84. The number of hydrogen-bond donors (Lipinski definition) is 1. The molecule has 0 aromatic rings. The van der Waals surface area contributed by atoms with Crippen molar-refractivity contribution in [2.45, 2.75) is 6.92 Å². The summed E-state index contributed by atoms with van der Waals surface area (Å²) in [5.74, 6) is 0.932. The maximum absolute atomic E-state index is 4.16. The van der Waals surface area contributed by atoms with Crippen molar-refractivity contribution in [3.05, 3.63) is 12.4 Å². The van der Waals surface area contributed by atoms with Crippen LogP contribution in [-0.2, 0) is 0 Å². The fourth-order valence-electron chi connectivity index (χ4n) is 0.995. The summed E-state index contributed by atoms with van der Waals surface area (Å²) in [6.45, 7) is 5.35. The summed E-state index contributed by atoms with van der Waals surface area (Å²) in [7, 11) is 0. The van der Waals surface area contributed by atoms with Gasteiger partial charge < -0.3 is 9.80 Å². The van der Waals surface area contributed by atoms with Crippen molar-refractivity contribution in [2.75, 3.05) is 25.5 Å². The van der Waals surface area contributed by atoms with Gasteiger partial charge >= 0.3 is 0 Å². The van der Waals surface area contributed by atoms with E-state index in [-0.39, 0.29) is 0 Å². The van der Waals surface area contributed by atoms with Gasteiger partial charge in [-0.2, -0.15) is 12.6 Å². The monoisotopic (exact) mass is 158 g/mol. The van der Waals surface area contributed by atoms with E-state index in [1.807, 2.05) is 0 Å². The zero-order valence-electron chi connectivity index (χ0n) is 6.32. The van der Waals surface area contributed by atoms with E-state index in [0.717, 1.165) is 25.5 Å². The third kappa shape index (κ3) is 1.84. The van der Waals surface area contributed by atoms with Crippen LogP contribution in [0.15, 0.2) is 12.4 Å². The van der Waals surface area contributed by atoms with Crippen LogP contribution < -0.4 is 0 Å². The molecule has 0 amide bonds. The van der Waals surface area contributed by atoms with Crippen molar-refractivity contribution in [1.29, 1.82) is 0 Å². The highest BCUT2D eigenvalue weighted by Gasteiger charge is 2.07. The zero-order valence-corrected chi connectivity index (χ0v) is 7.22. The van der Waals surface area contributed by atoms with Crippen LogP contribution in [0.4, 0.5) is 0 Å². The first-order valence-electron chi connectivity index (χ1n) is 3.64. The molecule has 0 saturated carbocycles. The minimum atomic E-state index is 0.932. The smallest absolute Gasteiger partial charge is 0.0893 e. The standard InChI is InChI=1S/C7H14N2S/c1-2-8-3-4-9(7-8)5-6-10/h3-4,10H,2,5-7H2,1H3. The number of thiol groups is 1. The molecule has 1 aliphatic rings. The molecule has 0 bridgehead atoms. The van der Waals surface area contributed by atoms with E-state index in [1.54, 1.807) is 0 Å². The predicted octanol–water partition coefficient (Wildman–Crippen LogP) is 0.982. The van der Waals surface area contributed by atoms with Crippen molar-refractivity contribution >= 4 is 12.6 Å². The van der Waals surface area contributed by atoms with Gasteiger partial charge in [0.05, 0.1) is 6.67 Å². The molecule has 10 heavy (non-hydrogen) atoms. The summed E-state index contributed by atoms with van der Waals surface area (Å²) in [6, 6.07) is 0. The summed E-state index contributed by atoms with van der Waals surface area (Å²) >= 11 is 4.16. The second-order valence-electron chi connectivity index (χ2n) is 2.38. The minimum absolute atomic E-state index is 0.932. The van der Waals surface area contributed by atoms with Crippen molar-refractivity contribution in [2.24, 2.45) is 0 Å². The van der Waals surface area contributed by atoms with Crippen LogP contribution in [-0.4, -0.2) is 35.3 Å². The summed E-state index contributed by atoms with van der Waals surface area (Å²) in [5, 5.41) is 0. The van der Waals surface area contributed by atoms with Gasteiger partial charge in [-0.05, 0) is 6.92 Å². The molecule has 3 heteroatoms. The number of hydrogen-bond acceptors (Lipinski definition) is 3. The second-order valence-corrected chi connectivity index (χ2v) is 2.83. The van der Waals surface area contributed by atoms with Gasteiger partial charge in [0.25, 0.3) is 0 Å². The summed E-state index contributed by atoms with van der Waals surface area (Å²) in [6.07, 6.45) is 4.25. The third-order valence-electron chi connectivity index (χ3n) is 1.64. The fraction of sp³-hybridized carbons (Fsp3) is 0.714. The molecule has 0 aromatic heterocycles. The Kier molecular flexibility index (Phi) is 2.93. The van der Waals surface area contributed by atoms with E-state index in [4.69, 9.17) is 0 Å². The van der Waals surface area contributed by atoms with Crippen molar-refractivity contribution in [3.8, 4) is 0 Å². The molecule has 0 fully saturated rings. The van der Waals surface area contributed by atoms with Gasteiger partial charge in [0, 0.05) is 31.2 Å². The van der Waals surface area contributed by atoms with Crippen LogP contribution in [0.1, 0.15) is 6.92 Å². The predicted molar refractivity (Wildman–Crippen MR) is 46.9 cm³/mol. The van der Waals surface area contributed by atoms with E-state index in [1.165, 1.54) is 0 Å². The molecular formula is C7H14N2S. The lowest BCUT2D eigenvalue weighted by Gasteiger charge is -2.18.